The molecule has 3 aromatic carbocycles. The number of ether oxygens (including phenoxy) is 3. The summed E-state index contributed by atoms with van der Waals surface area (Å²) < 4.78 is 51.4. The van der Waals surface area contributed by atoms with Crippen LogP contribution < -0.4 is 14.2 Å². The average molecular weight is 468 g/mol. The van der Waals surface area contributed by atoms with Gasteiger partial charge < -0.3 is 14.2 Å². The minimum Gasteiger partial charge on any atom is -0.494 e. The quantitative estimate of drug-likeness (QED) is 0.158. The van der Waals surface area contributed by atoms with Gasteiger partial charge in [0.05, 0.1) is 12.2 Å². The van der Waals surface area contributed by atoms with Gasteiger partial charge in [0, 0.05) is 11.1 Å². The Bertz CT molecular complexity index is 1120. The van der Waals surface area contributed by atoms with Crippen molar-refractivity contribution in [2.75, 3.05) is 6.61 Å². The Morgan fingerprint density at radius 1 is 0.765 bits per heavy atom. The molecule has 3 rings (SSSR count). The van der Waals surface area contributed by atoms with Crippen molar-refractivity contribution in [3.63, 3.8) is 0 Å². The normalized spacial score (nSPS) is 10.7. The number of alkyl halides is 3. The van der Waals surface area contributed by atoms with E-state index in [2.05, 4.69) is 23.5 Å². The second-order valence-corrected chi connectivity index (χ2v) is 7.32. The molecule has 34 heavy (non-hydrogen) atoms. The Morgan fingerprint density at radius 2 is 1.29 bits per heavy atom. The minimum atomic E-state index is -4.79. The maximum Gasteiger partial charge on any atom is 0.573 e. The van der Waals surface area contributed by atoms with Gasteiger partial charge in [0.2, 0.25) is 0 Å². The first kappa shape index (κ1) is 24.7. The lowest BCUT2D eigenvalue weighted by molar-refractivity contribution is -0.274. The van der Waals surface area contributed by atoms with Gasteiger partial charge in [0.15, 0.2) is 0 Å². The van der Waals surface area contributed by atoms with Gasteiger partial charge >= 0.3 is 12.3 Å². The second kappa shape index (κ2) is 11.8. The molecule has 0 aliphatic heterocycles. The van der Waals surface area contributed by atoms with Crippen molar-refractivity contribution in [1.29, 1.82) is 0 Å². The van der Waals surface area contributed by atoms with Crippen LogP contribution in [-0.2, 0) is 0 Å². The molecule has 7 heteroatoms. The van der Waals surface area contributed by atoms with E-state index in [1.807, 2.05) is 24.3 Å². The van der Waals surface area contributed by atoms with Crippen molar-refractivity contribution >= 4 is 5.97 Å². The Kier molecular flexibility index (Phi) is 8.58. The fourth-order valence-electron chi connectivity index (χ4n) is 2.89. The van der Waals surface area contributed by atoms with Crippen LogP contribution in [0, 0.1) is 11.8 Å². The largest absolute Gasteiger partial charge is 0.573 e. The number of hydrogen-bond acceptors (Lipinski definition) is 4. The number of carbonyl (C=O) groups excluding carboxylic acids is 1. The van der Waals surface area contributed by atoms with Crippen LogP contribution in [0.15, 0.2) is 72.8 Å². The third-order valence-electron chi connectivity index (χ3n) is 4.61. The number of rotatable bonds is 8. The van der Waals surface area contributed by atoms with Gasteiger partial charge in [0.25, 0.3) is 0 Å². The van der Waals surface area contributed by atoms with E-state index in [9.17, 15) is 18.0 Å². The van der Waals surface area contributed by atoms with Gasteiger partial charge in [-0.05, 0) is 79.2 Å². The third-order valence-corrected chi connectivity index (χ3v) is 4.61. The molecular formula is C27H23F3O4. The summed E-state index contributed by atoms with van der Waals surface area (Å²) in [6, 6.07) is 18.7. The maximum absolute atomic E-state index is 12.2. The van der Waals surface area contributed by atoms with Gasteiger partial charge in [-0.25, -0.2) is 4.79 Å². The molecule has 0 heterocycles. The highest BCUT2D eigenvalue weighted by Crippen LogP contribution is 2.23. The van der Waals surface area contributed by atoms with Crippen LogP contribution in [-0.4, -0.2) is 18.9 Å². The number of halogens is 3. The van der Waals surface area contributed by atoms with E-state index >= 15 is 0 Å². The lowest BCUT2D eigenvalue weighted by atomic mass is 10.1. The van der Waals surface area contributed by atoms with Gasteiger partial charge in [-0.1, -0.05) is 31.6 Å². The second-order valence-electron chi connectivity index (χ2n) is 7.32. The lowest BCUT2D eigenvalue weighted by Gasteiger charge is -2.09. The molecule has 0 unspecified atom stereocenters. The van der Waals surface area contributed by atoms with E-state index in [0.29, 0.717) is 6.61 Å². The zero-order chi connectivity index (χ0) is 24.4. The fraction of sp³-hybridized carbons (Fsp3) is 0.222. The monoisotopic (exact) mass is 468 g/mol. The molecule has 0 bridgehead atoms. The zero-order valence-corrected chi connectivity index (χ0v) is 18.5. The molecule has 0 aliphatic carbocycles. The predicted octanol–water partition coefficient (Wildman–Crippen LogP) is 6.77. The van der Waals surface area contributed by atoms with E-state index < -0.39 is 18.1 Å². The Hall–Kier alpha value is -3.92. The minimum absolute atomic E-state index is 0.0937. The molecule has 3 aromatic rings. The number of carbonyl (C=O) groups is 1. The van der Waals surface area contributed by atoms with Crippen LogP contribution >= 0.6 is 0 Å². The Morgan fingerprint density at radius 3 is 1.82 bits per heavy atom. The summed E-state index contributed by atoms with van der Waals surface area (Å²) in [4.78, 5) is 12.2. The summed E-state index contributed by atoms with van der Waals surface area (Å²) in [5.74, 6) is 6.09. The first-order valence-electron chi connectivity index (χ1n) is 10.8. The van der Waals surface area contributed by atoms with Crippen LogP contribution in [0.5, 0.6) is 17.2 Å². The molecule has 0 amide bonds. The molecule has 176 valence electrons. The smallest absolute Gasteiger partial charge is 0.494 e. The van der Waals surface area contributed by atoms with Gasteiger partial charge in [-0.15, -0.1) is 13.2 Å². The van der Waals surface area contributed by atoms with Gasteiger partial charge in [-0.2, -0.15) is 0 Å². The van der Waals surface area contributed by atoms with Crippen LogP contribution in [0.25, 0.3) is 0 Å². The van der Waals surface area contributed by atoms with E-state index in [0.717, 1.165) is 48.3 Å². The van der Waals surface area contributed by atoms with Crippen LogP contribution in [0.2, 0.25) is 0 Å². The van der Waals surface area contributed by atoms with E-state index in [1.165, 1.54) is 12.1 Å². The zero-order valence-electron chi connectivity index (χ0n) is 18.5. The number of esters is 1. The Labute approximate surface area is 196 Å². The lowest BCUT2D eigenvalue weighted by Crippen LogP contribution is -2.17. The Balaban J connectivity index is 1.53. The van der Waals surface area contributed by atoms with Crippen LogP contribution in [0.3, 0.4) is 0 Å². The highest BCUT2D eigenvalue weighted by Gasteiger charge is 2.31. The topological polar surface area (TPSA) is 44.8 Å². The van der Waals surface area contributed by atoms with Gasteiger partial charge in [-0.3, -0.25) is 0 Å². The summed E-state index contributed by atoms with van der Waals surface area (Å²) in [5, 5.41) is 0. The molecule has 0 atom stereocenters. The summed E-state index contributed by atoms with van der Waals surface area (Å²) in [6.07, 6.45) is -1.46. The predicted molar refractivity (Wildman–Crippen MR) is 122 cm³/mol. The van der Waals surface area contributed by atoms with Crippen molar-refractivity contribution in [3.8, 4) is 29.1 Å². The summed E-state index contributed by atoms with van der Waals surface area (Å²) >= 11 is 0. The van der Waals surface area contributed by atoms with E-state index in [1.54, 1.807) is 24.3 Å². The number of benzene rings is 3. The standard InChI is InChI=1S/C27H23F3O4/c1-2-3-4-19-32-23-13-7-20(8-14-23)5-6-21-9-15-24(16-10-21)33-26(31)22-11-17-25(18-12-22)34-27(28,29)30/h7-18H,2-4,19H2,1H3. The third kappa shape index (κ3) is 8.21. The molecule has 0 N–H and O–H groups in total. The highest BCUT2D eigenvalue weighted by atomic mass is 19.4. The van der Waals surface area contributed by atoms with Crippen LogP contribution in [0.1, 0.15) is 47.7 Å². The van der Waals surface area contributed by atoms with Crippen molar-refractivity contribution < 1.29 is 32.2 Å². The van der Waals surface area contributed by atoms with Crippen molar-refractivity contribution in [2.45, 2.75) is 32.5 Å². The first-order valence-corrected chi connectivity index (χ1v) is 10.8. The van der Waals surface area contributed by atoms with Crippen molar-refractivity contribution in [1.82, 2.24) is 0 Å². The SMILES string of the molecule is CCCCCOc1ccc(C#Cc2ccc(OC(=O)c3ccc(OC(F)(F)F)cc3)cc2)cc1. The highest BCUT2D eigenvalue weighted by molar-refractivity contribution is 5.91. The maximum atomic E-state index is 12.2. The molecular weight excluding hydrogens is 445 g/mol. The van der Waals surface area contributed by atoms with Crippen LogP contribution in [0.4, 0.5) is 13.2 Å². The fourth-order valence-corrected chi connectivity index (χ4v) is 2.89. The molecule has 0 spiro atoms. The van der Waals surface area contributed by atoms with Crippen molar-refractivity contribution in [2.24, 2.45) is 0 Å². The molecule has 0 radical (unpaired) electrons. The number of unbranched alkanes of at least 4 members (excludes halogenated alkanes) is 2. The molecule has 0 fully saturated rings. The van der Waals surface area contributed by atoms with Gasteiger partial charge in [0.1, 0.15) is 17.2 Å². The summed E-state index contributed by atoms with van der Waals surface area (Å²) in [5.41, 5.74) is 1.67. The number of hydrogen-bond donors (Lipinski definition) is 0. The molecule has 4 nitrogen and oxygen atoms in total. The average Bonchev–Trinajstić information content (AvgIpc) is 2.81. The van der Waals surface area contributed by atoms with E-state index in [4.69, 9.17) is 9.47 Å². The summed E-state index contributed by atoms with van der Waals surface area (Å²) in [7, 11) is 0. The molecule has 0 saturated carbocycles. The molecule has 0 saturated heterocycles. The van der Waals surface area contributed by atoms with E-state index in [-0.39, 0.29) is 11.3 Å². The van der Waals surface area contributed by atoms with Crippen molar-refractivity contribution in [3.05, 3.63) is 89.5 Å². The molecule has 0 aromatic heterocycles. The first-order chi connectivity index (χ1) is 16.3. The summed E-state index contributed by atoms with van der Waals surface area (Å²) in [6.45, 7) is 2.85. The molecule has 0 aliphatic rings.